The van der Waals surface area contributed by atoms with Crippen molar-refractivity contribution in [1.82, 2.24) is 4.98 Å². The highest BCUT2D eigenvalue weighted by Crippen LogP contribution is 2.22. The number of aromatic nitrogens is 1. The summed E-state index contributed by atoms with van der Waals surface area (Å²) in [6.45, 7) is 7.80. The molecule has 4 nitrogen and oxygen atoms in total. The molecule has 17 heavy (non-hydrogen) atoms. The highest BCUT2D eigenvalue weighted by molar-refractivity contribution is 5.54. The molecule has 0 radical (unpaired) electrons. The lowest BCUT2D eigenvalue weighted by molar-refractivity contribution is 0.0930. The van der Waals surface area contributed by atoms with Crippen molar-refractivity contribution in [3.8, 4) is 0 Å². The van der Waals surface area contributed by atoms with Gasteiger partial charge in [-0.25, -0.2) is 4.98 Å². The van der Waals surface area contributed by atoms with E-state index in [1.54, 1.807) is 0 Å². The second-order valence-corrected chi connectivity index (χ2v) is 4.26. The fourth-order valence-electron chi connectivity index (χ4n) is 2.21. The minimum absolute atomic E-state index is 0.487. The first-order chi connectivity index (χ1) is 8.35. The number of anilines is 2. The van der Waals surface area contributed by atoms with E-state index >= 15 is 0 Å². The van der Waals surface area contributed by atoms with Gasteiger partial charge in [-0.3, -0.25) is 0 Å². The second kappa shape index (κ2) is 5.87. The topological polar surface area (TPSA) is 37.4 Å². The maximum atomic E-state index is 5.53. The molecule has 1 fully saturated rings. The van der Waals surface area contributed by atoms with Crippen LogP contribution in [0.1, 0.15) is 20.3 Å². The Morgan fingerprint density at radius 2 is 2.41 bits per heavy atom. The molecule has 0 saturated carbocycles. The van der Waals surface area contributed by atoms with Crippen LogP contribution in [-0.2, 0) is 4.74 Å². The Balaban J connectivity index is 2.16. The summed E-state index contributed by atoms with van der Waals surface area (Å²) in [7, 11) is 0. The third-order valence-corrected chi connectivity index (χ3v) is 3.13. The molecular formula is C13H21N3O. The number of nitrogens with zero attached hydrogens (tertiary/aromatic N) is 2. The van der Waals surface area contributed by atoms with Gasteiger partial charge in [0.25, 0.3) is 0 Å². The average Bonchev–Trinajstić information content (AvgIpc) is 2.39. The smallest absolute Gasteiger partial charge is 0.127 e. The van der Waals surface area contributed by atoms with E-state index in [1.807, 2.05) is 6.20 Å². The lowest BCUT2D eigenvalue weighted by Crippen LogP contribution is -2.45. The van der Waals surface area contributed by atoms with E-state index in [0.717, 1.165) is 38.5 Å². The summed E-state index contributed by atoms with van der Waals surface area (Å²) in [5.74, 6) is 0.950. The maximum absolute atomic E-state index is 5.53. The minimum Gasteiger partial charge on any atom is -0.377 e. The first-order valence-electron chi connectivity index (χ1n) is 6.39. The van der Waals surface area contributed by atoms with Crippen LogP contribution >= 0.6 is 0 Å². The molecule has 1 aliphatic rings. The van der Waals surface area contributed by atoms with Crippen LogP contribution in [0.4, 0.5) is 11.5 Å². The van der Waals surface area contributed by atoms with E-state index in [0.29, 0.717) is 6.04 Å². The molecular weight excluding hydrogens is 214 g/mol. The Morgan fingerprint density at radius 1 is 1.53 bits per heavy atom. The number of pyridine rings is 1. The van der Waals surface area contributed by atoms with E-state index in [4.69, 9.17) is 4.74 Å². The van der Waals surface area contributed by atoms with Crippen molar-refractivity contribution >= 4 is 11.5 Å². The van der Waals surface area contributed by atoms with Gasteiger partial charge in [0.15, 0.2) is 0 Å². The van der Waals surface area contributed by atoms with Gasteiger partial charge in [0, 0.05) is 31.0 Å². The van der Waals surface area contributed by atoms with Crippen molar-refractivity contribution < 1.29 is 4.74 Å². The summed E-state index contributed by atoms with van der Waals surface area (Å²) < 4.78 is 5.53. The lowest BCUT2D eigenvalue weighted by Gasteiger charge is -2.37. The van der Waals surface area contributed by atoms with E-state index in [1.165, 1.54) is 5.69 Å². The first kappa shape index (κ1) is 12.2. The zero-order valence-electron chi connectivity index (χ0n) is 10.6. The maximum Gasteiger partial charge on any atom is 0.127 e. The molecule has 0 bridgehead atoms. The van der Waals surface area contributed by atoms with Crippen LogP contribution in [0.15, 0.2) is 18.3 Å². The van der Waals surface area contributed by atoms with Gasteiger partial charge in [-0.15, -0.1) is 0 Å². The Morgan fingerprint density at radius 3 is 3.18 bits per heavy atom. The summed E-state index contributed by atoms with van der Waals surface area (Å²) in [6.07, 6.45) is 2.98. The SMILES string of the molecule is CCNc1cc(N2CCOCC2CC)ccn1. The Hall–Kier alpha value is -1.29. The molecule has 0 aliphatic carbocycles. The van der Waals surface area contributed by atoms with Gasteiger partial charge in [-0.05, 0) is 19.4 Å². The number of nitrogens with one attached hydrogen (secondary N) is 1. The van der Waals surface area contributed by atoms with Crippen LogP contribution in [0.2, 0.25) is 0 Å². The highest BCUT2D eigenvalue weighted by Gasteiger charge is 2.21. The molecule has 4 heteroatoms. The number of rotatable bonds is 4. The Labute approximate surface area is 103 Å². The van der Waals surface area contributed by atoms with E-state index < -0.39 is 0 Å². The minimum atomic E-state index is 0.487. The third-order valence-electron chi connectivity index (χ3n) is 3.13. The van der Waals surface area contributed by atoms with Gasteiger partial charge in [-0.2, -0.15) is 0 Å². The van der Waals surface area contributed by atoms with Gasteiger partial charge in [0.1, 0.15) is 5.82 Å². The predicted octanol–water partition coefficient (Wildman–Crippen LogP) is 2.13. The van der Waals surface area contributed by atoms with Crippen LogP contribution in [0, 0.1) is 0 Å². The molecule has 1 aromatic rings. The number of morpholine rings is 1. The summed E-state index contributed by atoms with van der Waals surface area (Å²) in [5.41, 5.74) is 1.24. The molecule has 1 unspecified atom stereocenters. The summed E-state index contributed by atoms with van der Waals surface area (Å²) >= 11 is 0. The van der Waals surface area contributed by atoms with Crippen LogP contribution in [0.3, 0.4) is 0 Å². The summed E-state index contributed by atoms with van der Waals surface area (Å²) in [6, 6.07) is 4.69. The van der Waals surface area contributed by atoms with Crippen molar-refractivity contribution in [2.24, 2.45) is 0 Å². The second-order valence-electron chi connectivity index (χ2n) is 4.26. The number of hydrogen-bond acceptors (Lipinski definition) is 4. The average molecular weight is 235 g/mol. The van der Waals surface area contributed by atoms with Crippen LogP contribution in [0.25, 0.3) is 0 Å². The zero-order chi connectivity index (χ0) is 12.1. The summed E-state index contributed by atoms with van der Waals surface area (Å²) in [5, 5.41) is 3.25. The summed E-state index contributed by atoms with van der Waals surface area (Å²) in [4.78, 5) is 6.73. The molecule has 1 aromatic heterocycles. The standard InChI is InChI=1S/C13H21N3O/c1-3-11-10-17-8-7-16(11)12-5-6-15-13(9-12)14-4-2/h5-6,9,11H,3-4,7-8,10H2,1-2H3,(H,14,15). The van der Waals surface area contributed by atoms with Crippen molar-refractivity contribution in [2.45, 2.75) is 26.3 Å². The largest absolute Gasteiger partial charge is 0.377 e. The third kappa shape index (κ3) is 2.88. The van der Waals surface area contributed by atoms with Crippen molar-refractivity contribution in [3.05, 3.63) is 18.3 Å². The normalized spacial score (nSPS) is 20.4. The molecule has 2 heterocycles. The zero-order valence-corrected chi connectivity index (χ0v) is 10.6. The van der Waals surface area contributed by atoms with Crippen molar-refractivity contribution in [2.75, 3.05) is 36.5 Å². The quantitative estimate of drug-likeness (QED) is 0.867. The van der Waals surface area contributed by atoms with E-state index in [2.05, 4.69) is 41.2 Å². The Kier molecular flexibility index (Phi) is 4.20. The van der Waals surface area contributed by atoms with Gasteiger partial charge in [0.2, 0.25) is 0 Å². The monoisotopic (exact) mass is 235 g/mol. The fourth-order valence-corrected chi connectivity index (χ4v) is 2.21. The molecule has 0 amide bonds. The van der Waals surface area contributed by atoms with Gasteiger partial charge >= 0.3 is 0 Å². The van der Waals surface area contributed by atoms with Crippen LogP contribution in [-0.4, -0.2) is 37.3 Å². The molecule has 2 rings (SSSR count). The molecule has 1 atom stereocenters. The van der Waals surface area contributed by atoms with E-state index in [-0.39, 0.29) is 0 Å². The number of ether oxygens (including phenoxy) is 1. The van der Waals surface area contributed by atoms with Crippen molar-refractivity contribution in [1.29, 1.82) is 0 Å². The van der Waals surface area contributed by atoms with Crippen molar-refractivity contribution in [3.63, 3.8) is 0 Å². The number of hydrogen-bond donors (Lipinski definition) is 1. The van der Waals surface area contributed by atoms with E-state index in [9.17, 15) is 0 Å². The van der Waals surface area contributed by atoms with Crippen LogP contribution in [0.5, 0.6) is 0 Å². The molecule has 0 aromatic carbocycles. The van der Waals surface area contributed by atoms with Crippen LogP contribution < -0.4 is 10.2 Å². The molecule has 1 aliphatic heterocycles. The highest BCUT2D eigenvalue weighted by atomic mass is 16.5. The molecule has 1 saturated heterocycles. The van der Waals surface area contributed by atoms with Gasteiger partial charge < -0.3 is 15.0 Å². The molecule has 1 N–H and O–H groups in total. The van der Waals surface area contributed by atoms with Gasteiger partial charge in [0.05, 0.1) is 19.3 Å². The van der Waals surface area contributed by atoms with Gasteiger partial charge in [-0.1, -0.05) is 6.92 Å². The first-order valence-corrected chi connectivity index (χ1v) is 6.39. The lowest BCUT2D eigenvalue weighted by atomic mass is 10.1. The Bertz CT molecular complexity index is 356. The predicted molar refractivity (Wildman–Crippen MR) is 70.6 cm³/mol. The fraction of sp³-hybridized carbons (Fsp3) is 0.615. The molecule has 94 valence electrons. The molecule has 0 spiro atoms.